The largest absolute Gasteiger partial charge is 0.507 e. The van der Waals surface area contributed by atoms with Gasteiger partial charge in [0.15, 0.2) is 6.29 Å². The molecule has 2 aromatic carbocycles. The minimum Gasteiger partial charge on any atom is -0.507 e. The predicted octanol–water partition coefficient (Wildman–Crippen LogP) is 2.74. The van der Waals surface area contributed by atoms with Crippen LogP contribution >= 0.6 is 0 Å². The standard InChI is InChI=1S/C22H23NO6/c1-27-16-11-9-14(10-12-16)19-18(20(24)15-7-5-4-6-8-15)21(25)22(26)23(19)13-17(28-2)29-3/h4-12,17,19,24H,13H2,1-3H3. The van der Waals surface area contributed by atoms with Gasteiger partial charge in [0.05, 0.1) is 25.3 Å². The maximum atomic E-state index is 12.9. The molecule has 1 unspecified atom stereocenters. The van der Waals surface area contributed by atoms with Crippen LogP contribution in [0.3, 0.4) is 0 Å². The molecule has 3 rings (SSSR count). The summed E-state index contributed by atoms with van der Waals surface area (Å²) < 4.78 is 15.6. The molecule has 0 radical (unpaired) electrons. The van der Waals surface area contributed by atoms with E-state index in [1.807, 2.05) is 0 Å². The zero-order chi connectivity index (χ0) is 21.0. The quantitative estimate of drug-likeness (QED) is 0.335. The zero-order valence-electron chi connectivity index (χ0n) is 16.5. The molecule has 1 aliphatic heterocycles. The lowest BCUT2D eigenvalue weighted by atomic mass is 9.95. The van der Waals surface area contributed by atoms with Gasteiger partial charge in [-0.2, -0.15) is 0 Å². The molecule has 1 heterocycles. The first-order valence-electron chi connectivity index (χ1n) is 9.05. The smallest absolute Gasteiger partial charge is 0.295 e. The normalized spacial score (nSPS) is 18.5. The Balaban J connectivity index is 2.14. The predicted molar refractivity (Wildman–Crippen MR) is 106 cm³/mol. The second kappa shape index (κ2) is 8.89. The Morgan fingerprint density at radius 3 is 2.17 bits per heavy atom. The fourth-order valence-electron chi connectivity index (χ4n) is 3.36. The van der Waals surface area contributed by atoms with E-state index in [0.29, 0.717) is 16.9 Å². The number of ketones is 1. The van der Waals surface area contributed by atoms with Crippen LogP contribution in [0, 0.1) is 0 Å². The van der Waals surface area contributed by atoms with Crippen LogP contribution in [0.5, 0.6) is 5.75 Å². The number of hydrogen-bond acceptors (Lipinski definition) is 6. The minimum absolute atomic E-state index is 0.0253. The average Bonchev–Trinajstić information content (AvgIpc) is 3.02. The zero-order valence-corrected chi connectivity index (χ0v) is 16.5. The van der Waals surface area contributed by atoms with Gasteiger partial charge in [-0.15, -0.1) is 0 Å². The van der Waals surface area contributed by atoms with Crippen molar-refractivity contribution in [3.63, 3.8) is 0 Å². The van der Waals surface area contributed by atoms with Crippen molar-refractivity contribution in [2.75, 3.05) is 27.9 Å². The lowest BCUT2D eigenvalue weighted by Crippen LogP contribution is -2.38. The molecule has 0 bridgehead atoms. The number of aliphatic hydroxyl groups excluding tert-OH is 1. The Bertz CT molecular complexity index is 903. The van der Waals surface area contributed by atoms with Crippen molar-refractivity contribution in [3.05, 3.63) is 71.3 Å². The van der Waals surface area contributed by atoms with Crippen molar-refractivity contribution < 1.29 is 28.9 Å². The van der Waals surface area contributed by atoms with E-state index in [1.54, 1.807) is 61.7 Å². The van der Waals surface area contributed by atoms with Crippen molar-refractivity contribution in [1.82, 2.24) is 4.90 Å². The highest BCUT2D eigenvalue weighted by atomic mass is 16.7. The Morgan fingerprint density at radius 1 is 1.00 bits per heavy atom. The van der Waals surface area contributed by atoms with Gasteiger partial charge in [0.2, 0.25) is 0 Å². The van der Waals surface area contributed by atoms with Crippen molar-refractivity contribution in [2.24, 2.45) is 0 Å². The summed E-state index contributed by atoms with van der Waals surface area (Å²) in [4.78, 5) is 27.1. The highest BCUT2D eigenvalue weighted by molar-refractivity contribution is 6.46. The Kier molecular flexibility index (Phi) is 6.31. The van der Waals surface area contributed by atoms with E-state index in [2.05, 4.69) is 0 Å². The lowest BCUT2D eigenvalue weighted by Gasteiger charge is -2.28. The van der Waals surface area contributed by atoms with Gasteiger partial charge in [0.25, 0.3) is 11.7 Å². The molecule has 1 saturated heterocycles. The number of aliphatic hydroxyl groups is 1. The number of rotatable bonds is 7. The molecule has 29 heavy (non-hydrogen) atoms. The molecule has 1 N–H and O–H groups in total. The molecule has 7 heteroatoms. The molecule has 2 aromatic rings. The number of hydrogen-bond donors (Lipinski definition) is 1. The van der Waals surface area contributed by atoms with Crippen molar-refractivity contribution in [3.8, 4) is 5.75 Å². The molecular formula is C22H23NO6. The van der Waals surface area contributed by atoms with E-state index in [0.717, 1.165) is 0 Å². The van der Waals surface area contributed by atoms with E-state index in [1.165, 1.54) is 19.1 Å². The third-order valence-electron chi connectivity index (χ3n) is 4.89. The summed E-state index contributed by atoms with van der Waals surface area (Å²) in [5.74, 6) is -1.06. The van der Waals surface area contributed by atoms with Gasteiger partial charge in [-0.3, -0.25) is 9.59 Å². The summed E-state index contributed by atoms with van der Waals surface area (Å²) in [6, 6.07) is 14.9. The molecule has 1 fully saturated rings. The SMILES string of the molecule is COc1ccc(C2C(=C(O)c3ccccc3)C(=O)C(=O)N2CC(OC)OC)cc1. The Labute approximate surface area is 169 Å². The van der Waals surface area contributed by atoms with Crippen LogP contribution in [0.4, 0.5) is 0 Å². The fourth-order valence-corrected chi connectivity index (χ4v) is 3.36. The van der Waals surface area contributed by atoms with Gasteiger partial charge < -0.3 is 24.2 Å². The minimum atomic E-state index is -0.783. The summed E-state index contributed by atoms with van der Waals surface area (Å²) in [6.45, 7) is 0.0276. The monoisotopic (exact) mass is 397 g/mol. The fraction of sp³-hybridized carbons (Fsp3) is 0.273. The molecule has 0 aromatic heterocycles. The van der Waals surface area contributed by atoms with Gasteiger partial charge in [0, 0.05) is 19.8 Å². The first kappa shape index (κ1) is 20.6. The summed E-state index contributed by atoms with van der Waals surface area (Å²) >= 11 is 0. The van der Waals surface area contributed by atoms with Gasteiger partial charge in [-0.05, 0) is 17.7 Å². The number of carbonyl (C=O) groups is 2. The van der Waals surface area contributed by atoms with Crippen LogP contribution in [0.2, 0.25) is 0 Å². The summed E-state index contributed by atoms with van der Waals surface area (Å²) in [5.41, 5.74) is 1.14. The van der Waals surface area contributed by atoms with Gasteiger partial charge in [-0.25, -0.2) is 0 Å². The molecule has 1 amide bonds. The van der Waals surface area contributed by atoms with Crippen LogP contribution in [0.1, 0.15) is 17.2 Å². The van der Waals surface area contributed by atoms with Crippen LogP contribution in [0.25, 0.3) is 5.76 Å². The lowest BCUT2D eigenvalue weighted by molar-refractivity contribution is -0.149. The number of likely N-dealkylation sites (tertiary alicyclic amines) is 1. The first-order valence-corrected chi connectivity index (χ1v) is 9.05. The van der Waals surface area contributed by atoms with Crippen LogP contribution in [-0.4, -0.2) is 55.9 Å². The highest BCUT2D eigenvalue weighted by Crippen LogP contribution is 2.39. The van der Waals surface area contributed by atoms with Crippen LogP contribution in [-0.2, 0) is 19.1 Å². The van der Waals surface area contributed by atoms with Gasteiger partial charge in [-0.1, -0.05) is 42.5 Å². The number of ether oxygens (including phenoxy) is 3. The molecular weight excluding hydrogens is 374 g/mol. The number of methoxy groups -OCH3 is 3. The summed E-state index contributed by atoms with van der Waals surface area (Å²) in [6.07, 6.45) is -0.717. The number of carbonyl (C=O) groups excluding carboxylic acids is 2. The molecule has 0 aliphatic carbocycles. The molecule has 1 atom stereocenters. The van der Waals surface area contributed by atoms with Gasteiger partial charge >= 0.3 is 0 Å². The number of benzene rings is 2. The number of amides is 1. The van der Waals surface area contributed by atoms with E-state index in [4.69, 9.17) is 14.2 Å². The third kappa shape index (κ3) is 4.01. The highest BCUT2D eigenvalue weighted by Gasteiger charge is 2.46. The maximum Gasteiger partial charge on any atom is 0.295 e. The number of nitrogens with zero attached hydrogens (tertiary/aromatic N) is 1. The van der Waals surface area contributed by atoms with E-state index in [9.17, 15) is 14.7 Å². The van der Waals surface area contributed by atoms with E-state index < -0.39 is 24.0 Å². The molecule has 7 nitrogen and oxygen atoms in total. The number of Topliss-reactive ketones (excluding diaryl/α,β-unsaturated/α-hetero) is 1. The van der Waals surface area contributed by atoms with Crippen LogP contribution in [0.15, 0.2) is 60.2 Å². The van der Waals surface area contributed by atoms with Crippen LogP contribution < -0.4 is 4.74 Å². The van der Waals surface area contributed by atoms with Crippen molar-refractivity contribution in [1.29, 1.82) is 0 Å². The average molecular weight is 397 g/mol. The topological polar surface area (TPSA) is 85.3 Å². The second-order valence-corrected chi connectivity index (χ2v) is 6.49. The molecule has 1 aliphatic rings. The third-order valence-corrected chi connectivity index (χ3v) is 4.89. The maximum absolute atomic E-state index is 12.9. The first-order chi connectivity index (χ1) is 14.0. The molecule has 152 valence electrons. The van der Waals surface area contributed by atoms with Gasteiger partial charge in [0.1, 0.15) is 11.5 Å². The van der Waals surface area contributed by atoms with Crippen molar-refractivity contribution in [2.45, 2.75) is 12.3 Å². The Morgan fingerprint density at radius 2 is 1.62 bits per heavy atom. The second-order valence-electron chi connectivity index (χ2n) is 6.49. The summed E-state index contributed by atoms with van der Waals surface area (Å²) in [5, 5.41) is 10.9. The summed E-state index contributed by atoms with van der Waals surface area (Å²) in [7, 11) is 4.46. The molecule has 0 spiro atoms. The van der Waals surface area contributed by atoms with Crippen molar-refractivity contribution >= 4 is 17.4 Å². The van der Waals surface area contributed by atoms with E-state index in [-0.39, 0.29) is 17.9 Å². The molecule has 0 saturated carbocycles. The Hall–Kier alpha value is -3.16. The van der Waals surface area contributed by atoms with E-state index >= 15 is 0 Å².